The van der Waals surface area contributed by atoms with Crippen molar-refractivity contribution in [3.8, 4) is 0 Å². The molecule has 0 fully saturated rings. The van der Waals surface area contributed by atoms with Crippen LogP contribution in [0.15, 0.2) is 35.3 Å². The minimum atomic E-state index is 0.159. The molecule has 0 saturated carbocycles. The van der Waals surface area contributed by atoms with Gasteiger partial charge in [0, 0.05) is 26.2 Å². The van der Waals surface area contributed by atoms with Crippen LogP contribution in [-0.2, 0) is 4.74 Å². The first-order chi connectivity index (χ1) is 9.36. The van der Waals surface area contributed by atoms with Crippen LogP contribution in [0.2, 0.25) is 0 Å². The Hall–Kier alpha value is -1.55. The molecule has 2 rings (SSSR count). The Morgan fingerprint density at radius 1 is 1.37 bits per heavy atom. The maximum Gasteiger partial charge on any atom is 0.191 e. The molecule has 0 aliphatic carbocycles. The van der Waals surface area contributed by atoms with Crippen LogP contribution in [-0.4, -0.2) is 32.2 Å². The fraction of sp³-hybridized carbons (Fsp3) is 0.533. The molecule has 2 N–H and O–H groups in total. The smallest absolute Gasteiger partial charge is 0.191 e. The molecule has 0 saturated heterocycles. The summed E-state index contributed by atoms with van der Waals surface area (Å²) in [5.74, 6) is 0.933. The van der Waals surface area contributed by atoms with Gasteiger partial charge in [-0.1, -0.05) is 30.3 Å². The fourth-order valence-electron chi connectivity index (χ4n) is 2.01. The molecule has 1 aromatic carbocycles. The highest BCUT2D eigenvalue weighted by atomic mass is 16.5. The molecule has 0 aromatic heterocycles. The van der Waals surface area contributed by atoms with Crippen molar-refractivity contribution < 1.29 is 4.74 Å². The zero-order valence-electron chi connectivity index (χ0n) is 11.6. The lowest BCUT2D eigenvalue weighted by Gasteiger charge is -2.17. The van der Waals surface area contributed by atoms with E-state index in [1.54, 1.807) is 0 Å². The van der Waals surface area contributed by atoms with Crippen molar-refractivity contribution in [2.24, 2.45) is 4.99 Å². The number of nitrogens with one attached hydrogen (secondary N) is 2. The molecule has 1 aliphatic rings. The lowest BCUT2D eigenvalue weighted by molar-refractivity contribution is 0.0646. The van der Waals surface area contributed by atoms with Crippen molar-refractivity contribution in [2.45, 2.75) is 25.9 Å². The monoisotopic (exact) mass is 261 g/mol. The Morgan fingerprint density at radius 2 is 2.21 bits per heavy atom. The summed E-state index contributed by atoms with van der Waals surface area (Å²) < 4.78 is 5.82. The van der Waals surface area contributed by atoms with Crippen molar-refractivity contribution in [3.05, 3.63) is 35.9 Å². The van der Waals surface area contributed by atoms with Crippen LogP contribution >= 0.6 is 0 Å². The van der Waals surface area contributed by atoms with Gasteiger partial charge in [0.25, 0.3) is 0 Å². The molecule has 1 atom stereocenters. The van der Waals surface area contributed by atoms with Crippen molar-refractivity contribution >= 4 is 5.96 Å². The van der Waals surface area contributed by atoms with E-state index in [1.807, 2.05) is 18.2 Å². The molecular formula is C15H23N3O. The third-order valence-electron chi connectivity index (χ3n) is 3.15. The first kappa shape index (κ1) is 13.9. The molecular weight excluding hydrogens is 238 g/mol. The largest absolute Gasteiger partial charge is 0.374 e. The van der Waals surface area contributed by atoms with Crippen molar-refractivity contribution in [1.29, 1.82) is 0 Å². The van der Waals surface area contributed by atoms with Gasteiger partial charge in [0.2, 0.25) is 0 Å². The molecule has 1 aromatic rings. The minimum Gasteiger partial charge on any atom is -0.374 e. The van der Waals surface area contributed by atoms with Crippen LogP contribution < -0.4 is 10.6 Å². The zero-order chi connectivity index (χ0) is 13.3. The molecule has 4 heteroatoms. The summed E-state index contributed by atoms with van der Waals surface area (Å²) in [6.07, 6.45) is 2.27. The van der Waals surface area contributed by atoms with Gasteiger partial charge in [0.15, 0.2) is 5.96 Å². The Bertz CT molecular complexity index is 392. The first-order valence-electron chi connectivity index (χ1n) is 7.05. The molecule has 0 bridgehead atoms. The molecule has 4 nitrogen and oxygen atoms in total. The van der Waals surface area contributed by atoms with E-state index in [0.29, 0.717) is 0 Å². The van der Waals surface area contributed by atoms with Crippen LogP contribution in [0, 0.1) is 0 Å². The highest BCUT2D eigenvalue weighted by Crippen LogP contribution is 2.15. The average Bonchev–Trinajstić information content (AvgIpc) is 2.49. The number of rotatable bonds is 6. The lowest BCUT2D eigenvalue weighted by Crippen LogP contribution is -2.41. The summed E-state index contributed by atoms with van der Waals surface area (Å²) in [5.41, 5.74) is 1.23. The summed E-state index contributed by atoms with van der Waals surface area (Å²) in [4.78, 5) is 4.36. The Morgan fingerprint density at radius 3 is 2.95 bits per heavy atom. The highest BCUT2D eigenvalue weighted by molar-refractivity contribution is 5.80. The summed E-state index contributed by atoms with van der Waals surface area (Å²) >= 11 is 0. The number of nitrogens with zero attached hydrogens (tertiary/aromatic N) is 1. The topological polar surface area (TPSA) is 45.6 Å². The minimum absolute atomic E-state index is 0.159. The van der Waals surface area contributed by atoms with E-state index in [-0.39, 0.29) is 6.10 Å². The molecule has 1 aliphatic heterocycles. The normalized spacial score (nSPS) is 16.4. The standard InChI is InChI=1S/C15H23N3O/c1-13(14-7-3-2-4-8-14)19-12-6-11-18-15-16-9-5-10-17-15/h2-4,7-8,13H,5-6,9-12H2,1H3,(H2,16,17,18). The maximum absolute atomic E-state index is 5.82. The molecule has 0 spiro atoms. The SMILES string of the molecule is CC(OCCCNC1=NCCCN1)c1ccccc1. The lowest BCUT2D eigenvalue weighted by atomic mass is 10.1. The van der Waals surface area contributed by atoms with Gasteiger partial charge in [-0.2, -0.15) is 0 Å². The van der Waals surface area contributed by atoms with E-state index in [9.17, 15) is 0 Å². The van der Waals surface area contributed by atoms with E-state index < -0.39 is 0 Å². The summed E-state index contributed by atoms with van der Waals surface area (Å²) in [6.45, 7) is 5.70. The van der Waals surface area contributed by atoms with E-state index in [2.05, 4.69) is 34.7 Å². The fourth-order valence-corrected chi connectivity index (χ4v) is 2.01. The summed E-state index contributed by atoms with van der Waals surface area (Å²) in [6, 6.07) is 10.3. The van der Waals surface area contributed by atoms with Gasteiger partial charge in [-0.05, 0) is 25.3 Å². The van der Waals surface area contributed by atoms with Crippen molar-refractivity contribution in [2.75, 3.05) is 26.2 Å². The third kappa shape index (κ3) is 4.91. The predicted molar refractivity (Wildman–Crippen MR) is 78.4 cm³/mol. The number of hydrogen-bond donors (Lipinski definition) is 2. The van der Waals surface area contributed by atoms with Gasteiger partial charge >= 0.3 is 0 Å². The van der Waals surface area contributed by atoms with Gasteiger partial charge in [0.1, 0.15) is 0 Å². The van der Waals surface area contributed by atoms with E-state index in [1.165, 1.54) is 5.56 Å². The number of aliphatic imine (C=N–C) groups is 1. The first-order valence-corrected chi connectivity index (χ1v) is 7.05. The third-order valence-corrected chi connectivity index (χ3v) is 3.15. The molecule has 19 heavy (non-hydrogen) atoms. The molecule has 1 heterocycles. The summed E-state index contributed by atoms with van der Waals surface area (Å²) in [7, 11) is 0. The van der Waals surface area contributed by atoms with Gasteiger partial charge in [-0.15, -0.1) is 0 Å². The highest BCUT2D eigenvalue weighted by Gasteiger charge is 2.05. The van der Waals surface area contributed by atoms with Gasteiger partial charge in [0.05, 0.1) is 6.10 Å². The van der Waals surface area contributed by atoms with Crippen molar-refractivity contribution in [3.63, 3.8) is 0 Å². The van der Waals surface area contributed by atoms with E-state index in [0.717, 1.165) is 45.0 Å². The Labute approximate surface area is 115 Å². The number of guanidine groups is 1. The van der Waals surface area contributed by atoms with Gasteiger partial charge in [-0.3, -0.25) is 4.99 Å². The Kier molecular flexibility index (Phi) is 5.69. The molecule has 104 valence electrons. The molecule has 0 amide bonds. The van der Waals surface area contributed by atoms with Crippen LogP contribution in [0.3, 0.4) is 0 Å². The summed E-state index contributed by atoms with van der Waals surface area (Å²) in [5, 5.41) is 6.54. The quantitative estimate of drug-likeness (QED) is 0.771. The maximum atomic E-state index is 5.82. The second-order valence-corrected chi connectivity index (χ2v) is 4.71. The van der Waals surface area contributed by atoms with Crippen LogP contribution in [0.4, 0.5) is 0 Å². The van der Waals surface area contributed by atoms with E-state index >= 15 is 0 Å². The molecule has 0 radical (unpaired) electrons. The molecule has 1 unspecified atom stereocenters. The van der Waals surface area contributed by atoms with Crippen molar-refractivity contribution in [1.82, 2.24) is 10.6 Å². The second-order valence-electron chi connectivity index (χ2n) is 4.71. The van der Waals surface area contributed by atoms with Crippen LogP contribution in [0.25, 0.3) is 0 Å². The van der Waals surface area contributed by atoms with Crippen LogP contribution in [0.1, 0.15) is 31.4 Å². The second kappa shape index (κ2) is 7.79. The van der Waals surface area contributed by atoms with Gasteiger partial charge in [-0.25, -0.2) is 0 Å². The zero-order valence-corrected chi connectivity index (χ0v) is 11.6. The predicted octanol–water partition coefficient (Wildman–Crippen LogP) is 2.09. The average molecular weight is 261 g/mol. The Balaban J connectivity index is 1.58. The van der Waals surface area contributed by atoms with E-state index in [4.69, 9.17) is 4.74 Å². The van der Waals surface area contributed by atoms with Gasteiger partial charge < -0.3 is 15.4 Å². The number of hydrogen-bond acceptors (Lipinski definition) is 4. The van der Waals surface area contributed by atoms with Crippen LogP contribution in [0.5, 0.6) is 0 Å². The number of benzene rings is 1. The number of ether oxygens (including phenoxy) is 1.